The molecule has 0 aromatic heterocycles. The molecule has 0 unspecified atom stereocenters. The molecule has 86 valence electrons. The number of carbonyl (C=O) groups is 1. The van der Waals surface area contributed by atoms with Crippen LogP contribution in [-0.4, -0.2) is 5.78 Å². The highest BCUT2D eigenvalue weighted by Gasteiger charge is 2.05. The summed E-state index contributed by atoms with van der Waals surface area (Å²) < 4.78 is 0.957. The second kappa shape index (κ2) is 5.52. The van der Waals surface area contributed by atoms with E-state index in [-0.39, 0.29) is 5.78 Å². The molecule has 3 heteroatoms. The van der Waals surface area contributed by atoms with E-state index in [9.17, 15) is 4.79 Å². The van der Waals surface area contributed by atoms with Crippen molar-refractivity contribution in [2.45, 2.75) is 16.7 Å². The highest BCUT2D eigenvalue weighted by Crippen LogP contribution is 2.33. The summed E-state index contributed by atoms with van der Waals surface area (Å²) in [5, 5.41) is 0. The predicted octanol–water partition coefficient (Wildman–Crippen LogP) is 4.80. The van der Waals surface area contributed by atoms with Crippen LogP contribution >= 0.6 is 27.7 Å². The second-order valence-electron chi connectivity index (χ2n) is 3.62. The van der Waals surface area contributed by atoms with Crippen molar-refractivity contribution in [1.29, 1.82) is 0 Å². The monoisotopic (exact) mass is 306 g/mol. The Morgan fingerprint density at radius 1 is 1.12 bits per heavy atom. The fourth-order valence-electron chi connectivity index (χ4n) is 1.42. The molecule has 0 aliphatic heterocycles. The van der Waals surface area contributed by atoms with Crippen molar-refractivity contribution in [3.8, 4) is 0 Å². The molecule has 2 aromatic rings. The van der Waals surface area contributed by atoms with Crippen molar-refractivity contribution in [1.82, 2.24) is 0 Å². The molecular weight excluding hydrogens is 296 g/mol. The number of hydrogen-bond acceptors (Lipinski definition) is 2. The number of hydrogen-bond donors (Lipinski definition) is 0. The molecule has 2 rings (SSSR count). The van der Waals surface area contributed by atoms with Crippen molar-refractivity contribution >= 4 is 33.5 Å². The molecule has 0 spiro atoms. The summed E-state index contributed by atoms with van der Waals surface area (Å²) in [6, 6.07) is 15.9. The number of carbonyl (C=O) groups excluding carboxylic acids is 1. The highest BCUT2D eigenvalue weighted by molar-refractivity contribution is 9.10. The van der Waals surface area contributed by atoms with Gasteiger partial charge in [-0.25, -0.2) is 0 Å². The molecule has 0 N–H and O–H groups in total. The van der Waals surface area contributed by atoms with Gasteiger partial charge in [0.15, 0.2) is 5.78 Å². The molecule has 0 aliphatic rings. The fourth-order valence-corrected chi connectivity index (χ4v) is 2.88. The van der Waals surface area contributed by atoms with Crippen molar-refractivity contribution in [3.63, 3.8) is 0 Å². The summed E-state index contributed by atoms with van der Waals surface area (Å²) in [4.78, 5) is 13.5. The van der Waals surface area contributed by atoms with Crippen LogP contribution in [0, 0.1) is 0 Å². The molecule has 0 radical (unpaired) electrons. The Morgan fingerprint density at radius 2 is 1.82 bits per heavy atom. The number of Topliss-reactive ketones (excluding diaryl/α,β-unsaturated/α-hetero) is 1. The molecule has 0 aliphatic carbocycles. The van der Waals surface area contributed by atoms with Crippen LogP contribution in [-0.2, 0) is 0 Å². The topological polar surface area (TPSA) is 17.1 Å². The van der Waals surface area contributed by atoms with Gasteiger partial charge in [0.05, 0.1) is 0 Å². The Bertz CT molecular complexity index is 537. The number of halogens is 1. The first-order chi connectivity index (χ1) is 8.16. The quantitative estimate of drug-likeness (QED) is 0.757. The maximum absolute atomic E-state index is 11.2. The van der Waals surface area contributed by atoms with Gasteiger partial charge in [-0.2, -0.15) is 0 Å². The van der Waals surface area contributed by atoms with E-state index in [4.69, 9.17) is 0 Å². The van der Waals surface area contributed by atoms with Gasteiger partial charge in [0.2, 0.25) is 0 Å². The lowest BCUT2D eigenvalue weighted by Gasteiger charge is -2.05. The summed E-state index contributed by atoms with van der Waals surface area (Å²) in [5.74, 6) is 0.0851. The van der Waals surface area contributed by atoms with Crippen LogP contribution in [0.25, 0.3) is 0 Å². The summed E-state index contributed by atoms with van der Waals surface area (Å²) in [6.07, 6.45) is 0. The summed E-state index contributed by atoms with van der Waals surface area (Å²) in [6.45, 7) is 1.58. The van der Waals surface area contributed by atoms with Gasteiger partial charge in [0, 0.05) is 19.8 Å². The lowest BCUT2D eigenvalue weighted by molar-refractivity contribution is 0.101. The van der Waals surface area contributed by atoms with Crippen molar-refractivity contribution < 1.29 is 4.79 Å². The van der Waals surface area contributed by atoms with Crippen LogP contribution in [0.1, 0.15) is 17.3 Å². The highest BCUT2D eigenvalue weighted by atomic mass is 79.9. The van der Waals surface area contributed by atoms with Crippen LogP contribution in [0.3, 0.4) is 0 Å². The molecule has 0 fully saturated rings. The molecule has 0 saturated carbocycles. The van der Waals surface area contributed by atoms with Gasteiger partial charge >= 0.3 is 0 Å². The van der Waals surface area contributed by atoms with Crippen molar-refractivity contribution in [2.75, 3.05) is 0 Å². The van der Waals surface area contributed by atoms with E-state index in [2.05, 4.69) is 28.1 Å². The van der Waals surface area contributed by atoms with Gasteiger partial charge in [-0.05, 0) is 47.1 Å². The maximum atomic E-state index is 11.2. The SMILES string of the molecule is CC(=O)c1ccc(Sc2ccccc2)c(Br)c1. The molecule has 0 bridgehead atoms. The van der Waals surface area contributed by atoms with Gasteiger partial charge in [-0.3, -0.25) is 4.79 Å². The van der Waals surface area contributed by atoms with Crippen LogP contribution in [0.15, 0.2) is 62.8 Å². The smallest absolute Gasteiger partial charge is 0.159 e. The largest absolute Gasteiger partial charge is 0.295 e. The molecule has 2 aromatic carbocycles. The minimum absolute atomic E-state index is 0.0851. The minimum Gasteiger partial charge on any atom is -0.295 e. The minimum atomic E-state index is 0.0851. The van der Waals surface area contributed by atoms with E-state index in [1.165, 1.54) is 4.90 Å². The average Bonchev–Trinajstić information content (AvgIpc) is 2.33. The fraction of sp³-hybridized carbons (Fsp3) is 0.0714. The molecule has 0 amide bonds. The van der Waals surface area contributed by atoms with Crippen LogP contribution in [0.5, 0.6) is 0 Å². The van der Waals surface area contributed by atoms with Gasteiger partial charge in [0.25, 0.3) is 0 Å². The lowest BCUT2D eigenvalue weighted by atomic mass is 10.2. The predicted molar refractivity (Wildman–Crippen MR) is 74.7 cm³/mol. The van der Waals surface area contributed by atoms with Crippen LogP contribution in [0.2, 0.25) is 0 Å². The number of ketones is 1. The molecule has 0 heterocycles. The lowest BCUT2D eigenvalue weighted by Crippen LogP contribution is -1.91. The Morgan fingerprint density at radius 3 is 2.41 bits per heavy atom. The zero-order valence-electron chi connectivity index (χ0n) is 9.31. The number of rotatable bonds is 3. The van der Waals surface area contributed by atoms with Gasteiger partial charge < -0.3 is 0 Å². The van der Waals surface area contributed by atoms with Crippen LogP contribution in [0.4, 0.5) is 0 Å². The first kappa shape index (κ1) is 12.4. The Balaban J connectivity index is 2.26. The third-order valence-electron chi connectivity index (χ3n) is 2.31. The first-order valence-electron chi connectivity index (χ1n) is 5.20. The number of benzene rings is 2. The van der Waals surface area contributed by atoms with Gasteiger partial charge in [0.1, 0.15) is 0 Å². The zero-order valence-corrected chi connectivity index (χ0v) is 11.7. The van der Waals surface area contributed by atoms with E-state index >= 15 is 0 Å². The first-order valence-corrected chi connectivity index (χ1v) is 6.81. The molecule has 1 nitrogen and oxygen atoms in total. The third-order valence-corrected chi connectivity index (χ3v) is 4.31. The van der Waals surface area contributed by atoms with E-state index in [1.807, 2.05) is 36.4 Å². The summed E-state index contributed by atoms with van der Waals surface area (Å²) >= 11 is 5.18. The van der Waals surface area contributed by atoms with E-state index < -0.39 is 0 Å². The molecule has 0 atom stereocenters. The van der Waals surface area contributed by atoms with Gasteiger partial charge in [-0.15, -0.1) is 0 Å². The third kappa shape index (κ3) is 3.20. The van der Waals surface area contributed by atoms with Gasteiger partial charge in [-0.1, -0.05) is 36.0 Å². The standard InChI is InChI=1S/C14H11BrOS/c1-10(16)11-7-8-14(13(15)9-11)17-12-5-3-2-4-6-12/h2-9H,1H3. The zero-order chi connectivity index (χ0) is 12.3. The molecule has 0 saturated heterocycles. The Kier molecular flexibility index (Phi) is 4.02. The summed E-state index contributed by atoms with van der Waals surface area (Å²) in [5.41, 5.74) is 0.731. The average molecular weight is 307 g/mol. The Labute approximate surface area is 113 Å². The molecular formula is C14H11BrOS. The van der Waals surface area contributed by atoms with E-state index in [1.54, 1.807) is 18.7 Å². The van der Waals surface area contributed by atoms with Crippen LogP contribution < -0.4 is 0 Å². The molecule has 17 heavy (non-hydrogen) atoms. The maximum Gasteiger partial charge on any atom is 0.159 e. The van der Waals surface area contributed by atoms with E-state index in [0.29, 0.717) is 0 Å². The van der Waals surface area contributed by atoms with Crippen molar-refractivity contribution in [2.24, 2.45) is 0 Å². The summed E-state index contributed by atoms with van der Waals surface area (Å²) in [7, 11) is 0. The second-order valence-corrected chi connectivity index (χ2v) is 5.59. The van der Waals surface area contributed by atoms with Crippen molar-refractivity contribution in [3.05, 3.63) is 58.6 Å². The normalized spacial score (nSPS) is 10.2. The Hall–Kier alpha value is -1.06. The van der Waals surface area contributed by atoms with E-state index in [0.717, 1.165) is 14.9 Å².